The number of phosphoric ester groups is 1. The molecule has 0 aliphatic carbocycles. The molecule has 1 saturated heterocycles. The summed E-state index contributed by atoms with van der Waals surface area (Å²) in [5.74, 6) is -0.363. The smallest absolute Gasteiger partial charge is 0.394 e. The molecule has 1 amide bonds. The van der Waals surface area contributed by atoms with Gasteiger partial charge in [-0.05, 0) is 5.22 Å². The van der Waals surface area contributed by atoms with Crippen LogP contribution in [0, 0.1) is 0 Å². The molecule has 12 N–H and O–H groups in total. The summed E-state index contributed by atoms with van der Waals surface area (Å²) in [7, 11) is -10.5. The molecular weight excluding hydrogens is 654 g/mol. The lowest BCUT2D eigenvalue weighted by Gasteiger charge is -2.22. The summed E-state index contributed by atoms with van der Waals surface area (Å²) in [5.41, 5.74) is 7.78. The van der Waals surface area contributed by atoms with E-state index < -0.39 is 89.1 Å². The number of H-pyrrole nitrogens is 1. The van der Waals surface area contributed by atoms with Crippen molar-refractivity contribution in [2.75, 3.05) is 13.2 Å². The Labute approximate surface area is 244 Å². The highest BCUT2D eigenvalue weighted by Gasteiger charge is 2.45. The quantitative estimate of drug-likeness (QED) is 0.0244. The highest BCUT2D eigenvalue weighted by Crippen LogP contribution is 2.57. The number of ether oxygens (including phenoxy) is 1. The van der Waals surface area contributed by atoms with Crippen LogP contribution >= 0.6 is 15.6 Å². The normalized spacial score (nSPS) is 23.5. The van der Waals surface area contributed by atoms with Gasteiger partial charge in [-0.2, -0.15) is 14.6 Å². The first-order chi connectivity index (χ1) is 20.2. The second-order valence-corrected chi connectivity index (χ2v) is 10.9. The van der Waals surface area contributed by atoms with Crippen molar-refractivity contribution in [2.24, 2.45) is 5.22 Å². The van der Waals surface area contributed by atoms with E-state index in [9.17, 15) is 38.5 Å². The molecule has 5 unspecified atom stereocenters. The lowest BCUT2D eigenvalue weighted by Crippen LogP contribution is -2.46. The predicted octanol–water partition coefficient (Wildman–Crippen LogP) is -5.65. The molecule has 1 aliphatic heterocycles. The fourth-order valence-corrected chi connectivity index (χ4v) is 4.36. The minimum Gasteiger partial charge on any atom is -0.394 e. The molecule has 252 valence electrons. The highest BCUT2D eigenvalue weighted by molar-refractivity contribution is 7.60. The third kappa shape index (κ3) is 14.7. The zero-order valence-electron chi connectivity index (χ0n) is 22.1. The Hall–Kier alpha value is -2.93. The van der Waals surface area contributed by atoms with Crippen molar-refractivity contribution in [3.8, 4) is 0 Å². The van der Waals surface area contributed by atoms with E-state index in [4.69, 9.17) is 50.5 Å². The summed E-state index contributed by atoms with van der Waals surface area (Å²) in [6.07, 6.45) is -12.1. The number of amides is 1. The van der Waals surface area contributed by atoms with Gasteiger partial charge in [0.2, 0.25) is 0 Å². The molecule has 0 saturated carbocycles. The first-order valence-corrected chi connectivity index (χ1v) is 14.4. The van der Waals surface area contributed by atoms with Crippen LogP contribution in [0.25, 0.3) is 10.4 Å². The molecule has 1 aliphatic rings. The zero-order chi connectivity index (χ0) is 34.4. The van der Waals surface area contributed by atoms with Crippen molar-refractivity contribution < 1.29 is 82.7 Å². The molecule has 44 heavy (non-hydrogen) atoms. The first-order valence-electron chi connectivity index (χ1n) is 11.4. The highest BCUT2D eigenvalue weighted by atomic mass is 31.3. The number of rotatable bonds is 12. The number of aliphatic hydroxyl groups excluding tert-OH is 7. The molecule has 1 aromatic heterocycles. The van der Waals surface area contributed by atoms with Crippen molar-refractivity contribution in [1.29, 1.82) is 0 Å². The average molecular weight is 684 g/mol. The summed E-state index contributed by atoms with van der Waals surface area (Å²) in [6, 6.07) is 0.962. The molecular formula is C17H30N6O19P2. The van der Waals surface area contributed by atoms with E-state index in [2.05, 4.69) is 19.0 Å². The van der Waals surface area contributed by atoms with Gasteiger partial charge < -0.3 is 60.0 Å². The van der Waals surface area contributed by atoms with Crippen molar-refractivity contribution in [2.45, 2.75) is 55.9 Å². The van der Waals surface area contributed by atoms with Crippen molar-refractivity contribution in [3.05, 3.63) is 43.5 Å². The van der Waals surface area contributed by atoms with Crippen molar-refractivity contribution in [3.63, 3.8) is 0 Å². The van der Waals surface area contributed by atoms with Gasteiger partial charge in [0.25, 0.3) is 5.56 Å². The molecule has 9 atom stereocenters. The molecule has 2 heterocycles. The van der Waals surface area contributed by atoms with E-state index in [1.54, 1.807) is 0 Å². The van der Waals surface area contributed by atoms with E-state index in [0.717, 1.165) is 16.8 Å². The van der Waals surface area contributed by atoms with E-state index in [1.165, 1.54) is 6.92 Å². The standard InChI is InChI=1S/C9H14N2O12P2.C6H12O6.C2H4N4O/c12-5-1-2-11(9(15)10-5)8-7(14)6(13)4(22-8)3-21-25(19,20)23-24(16,17)18;7-1-3(9)5(11)6(12)4(10)2-8;1-2(7)4-6-5-3/h1-2,4,6-8,13-14H,3H2,(H,19,20)(H,10,12,15)(H2,16,17,18);1,3-6,8-12H,2H2;1H3,(H,4,7)/t4-,6-,7-,8-;;/m1../s1. The van der Waals surface area contributed by atoms with E-state index in [-0.39, 0.29) is 12.2 Å². The molecule has 25 nitrogen and oxygen atoms in total. The Kier molecular flexibility index (Phi) is 17.5. The maximum atomic E-state index is 11.7. The molecule has 2 rings (SSSR count). The number of carbonyl (C=O) groups is 2. The Morgan fingerprint density at radius 2 is 1.80 bits per heavy atom. The van der Waals surface area contributed by atoms with Crippen LogP contribution in [-0.4, -0.2) is 128 Å². The lowest BCUT2D eigenvalue weighted by atomic mass is 10.0. The minimum absolute atomic E-state index is 0.0258. The molecule has 27 heteroatoms. The lowest BCUT2D eigenvalue weighted by molar-refractivity contribution is -0.136. The number of nitrogens with one attached hydrogen (secondary N) is 2. The summed E-state index contributed by atoms with van der Waals surface area (Å²) in [6.45, 7) is -0.404. The van der Waals surface area contributed by atoms with Crippen LogP contribution in [0.15, 0.2) is 27.1 Å². The zero-order valence-corrected chi connectivity index (χ0v) is 23.9. The Morgan fingerprint density at radius 1 is 1.20 bits per heavy atom. The third-order valence-electron chi connectivity index (χ3n) is 4.75. The van der Waals surface area contributed by atoms with Gasteiger partial charge in [-0.1, -0.05) is 0 Å². The van der Waals surface area contributed by atoms with Crippen molar-refractivity contribution >= 4 is 27.8 Å². The van der Waals surface area contributed by atoms with Crippen LogP contribution in [0.3, 0.4) is 0 Å². The predicted molar refractivity (Wildman–Crippen MR) is 136 cm³/mol. The van der Waals surface area contributed by atoms with Crippen LogP contribution in [-0.2, 0) is 32.3 Å². The number of aromatic amines is 1. The summed E-state index contributed by atoms with van der Waals surface area (Å²) in [5, 5.41) is 66.1. The van der Waals surface area contributed by atoms with Crippen LogP contribution in [0.1, 0.15) is 13.2 Å². The summed E-state index contributed by atoms with van der Waals surface area (Å²) >= 11 is 0. The Morgan fingerprint density at radius 3 is 2.23 bits per heavy atom. The average Bonchev–Trinajstić information content (AvgIpc) is 3.21. The number of hydrogen-bond donors (Lipinski definition) is 12. The SMILES string of the molecule is CC(=O)NN=[N+]=[N-].O=CC(O)C(O)C(O)C(O)CO.O=c1ccn([C@@H]2O[C@H](COP(=O)(O)OP(=O)(O)O)[C@@H](O)[C@H]2O)c(=O)[nH]1. The molecule has 0 bridgehead atoms. The Balaban J connectivity index is 0.000000806. The summed E-state index contributed by atoms with van der Waals surface area (Å²) < 4.78 is 35.6. The van der Waals surface area contributed by atoms with E-state index in [1.807, 2.05) is 10.4 Å². The number of azide groups is 1. The van der Waals surface area contributed by atoms with Gasteiger partial charge in [-0.3, -0.25) is 18.9 Å². The number of carbonyl (C=O) groups excluding carboxylic acids is 2. The van der Waals surface area contributed by atoms with Gasteiger partial charge in [0.05, 0.1) is 13.2 Å². The van der Waals surface area contributed by atoms with Gasteiger partial charge in [0.1, 0.15) is 42.7 Å². The number of aldehydes is 1. The van der Waals surface area contributed by atoms with E-state index in [0.29, 0.717) is 0 Å². The van der Waals surface area contributed by atoms with Gasteiger partial charge in [-0.25, -0.2) is 18.7 Å². The van der Waals surface area contributed by atoms with Crippen molar-refractivity contribution in [1.82, 2.24) is 15.0 Å². The second kappa shape index (κ2) is 18.8. The van der Waals surface area contributed by atoms with Crippen LogP contribution in [0.2, 0.25) is 0 Å². The molecule has 0 spiro atoms. The number of nitrogens with zero attached hydrogens (tertiary/aromatic N) is 4. The molecule has 0 aromatic carbocycles. The second-order valence-electron chi connectivity index (χ2n) is 8.12. The Bertz CT molecular complexity index is 1330. The fourth-order valence-electron chi connectivity index (χ4n) is 2.76. The van der Waals surface area contributed by atoms with Gasteiger partial charge in [0, 0.05) is 19.2 Å². The van der Waals surface area contributed by atoms with Crippen LogP contribution in [0.5, 0.6) is 0 Å². The van der Waals surface area contributed by atoms with Gasteiger partial charge in [0.15, 0.2) is 12.5 Å². The molecule has 1 fully saturated rings. The van der Waals surface area contributed by atoms with Gasteiger partial charge in [-0.15, -0.1) is 5.53 Å². The number of phosphoric acid groups is 2. The number of hydrogen-bond acceptors (Lipinski definition) is 17. The summed E-state index contributed by atoms with van der Waals surface area (Å²) in [4.78, 5) is 72.7. The third-order valence-corrected chi connectivity index (χ3v) is 6.90. The van der Waals surface area contributed by atoms with Gasteiger partial charge >= 0.3 is 27.2 Å². The fraction of sp³-hybridized carbons (Fsp3) is 0.647. The maximum absolute atomic E-state index is 11.7. The molecule has 0 radical (unpaired) electrons. The van der Waals surface area contributed by atoms with Crippen LogP contribution in [0.4, 0.5) is 0 Å². The first kappa shape index (κ1) is 41.1. The number of aromatic nitrogens is 2. The number of aliphatic hydroxyl groups is 7. The van der Waals surface area contributed by atoms with Crippen LogP contribution < -0.4 is 16.7 Å². The minimum atomic E-state index is -5.32. The maximum Gasteiger partial charge on any atom is 0.481 e. The van der Waals surface area contributed by atoms with E-state index >= 15 is 0 Å². The monoisotopic (exact) mass is 684 g/mol. The topological polar surface area (TPSA) is 414 Å². The molecule has 1 aromatic rings. The largest absolute Gasteiger partial charge is 0.481 e.